The van der Waals surface area contributed by atoms with E-state index in [-0.39, 0.29) is 5.69 Å². The highest BCUT2D eigenvalue weighted by molar-refractivity contribution is 5.88. The van der Waals surface area contributed by atoms with Crippen LogP contribution in [0.25, 0.3) is 5.65 Å². The fraction of sp³-hybridized carbons (Fsp3) is 0.200. The number of aromatic nitrogens is 2. The molecule has 0 spiro atoms. The maximum atomic E-state index is 11.0. The largest absolute Gasteiger partial charge is 0.495 e. The molecule has 2 heterocycles. The van der Waals surface area contributed by atoms with Crippen molar-refractivity contribution in [1.29, 1.82) is 0 Å². The second-order valence-electron chi connectivity index (χ2n) is 3.15. The molecule has 0 bridgehead atoms. The number of imidazole rings is 1. The standard InChI is InChI=1S/C10H10N2O3/c1-6-9(10(13)14)12-5-7(15-2)3-4-8(12)11-6/h3-5H,1-2H3,(H,13,14). The van der Waals surface area contributed by atoms with Gasteiger partial charge in [-0.05, 0) is 19.1 Å². The molecule has 2 aromatic heterocycles. The van der Waals surface area contributed by atoms with Gasteiger partial charge in [-0.1, -0.05) is 0 Å². The molecule has 15 heavy (non-hydrogen) atoms. The van der Waals surface area contributed by atoms with Crippen molar-refractivity contribution in [2.45, 2.75) is 6.92 Å². The van der Waals surface area contributed by atoms with Gasteiger partial charge in [0, 0.05) is 0 Å². The van der Waals surface area contributed by atoms with Crippen LogP contribution in [-0.2, 0) is 0 Å². The lowest BCUT2D eigenvalue weighted by molar-refractivity contribution is 0.0688. The highest BCUT2D eigenvalue weighted by Gasteiger charge is 2.15. The first-order valence-electron chi connectivity index (χ1n) is 4.39. The molecule has 5 heteroatoms. The molecule has 0 atom stereocenters. The highest BCUT2D eigenvalue weighted by atomic mass is 16.5. The Labute approximate surface area is 85.9 Å². The summed E-state index contributed by atoms with van der Waals surface area (Å²) in [5.74, 6) is -0.393. The van der Waals surface area contributed by atoms with Crippen LogP contribution < -0.4 is 4.74 Å². The molecule has 1 N–H and O–H groups in total. The predicted octanol–water partition coefficient (Wildman–Crippen LogP) is 1.35. The molecule has 0 aliphatic rings. The van der Waals surface area contributed by atoms with Crippen LogP contribution in [0.15, 0.2) is 18.3 Å². The van der Waals surface area contributed by atoms with E-state index < -0.39 is 5.97 Å². The van der Waals surface area contributed by atoms with Crippen molar-refractivity contribution < 1.29 is 14.6 Å². The first-order chi connectivity index (χ1) is 7.13. The third-order valence-corrected chi connectivity index (χ3v) is 2.20. The van der Waals surface area contributed by atoms with Crippen LogP contribution in [0.5, 0.6) is 5.75 Å². The van der Waals surface area contributed by atoms with E-state index in [0.29, 0.717) is 17.1 Å². The van der Waals surface area contributed by atoms with Crippen LogP contribution in [0.3, 0.4) is 0 Å². The van der Waals surface area contributed by atoms with Gasteiger partial charge in [0.1, 0.15) is 11.4 Å². The average Bonchev–Trinajstić information content (AvgIpc) is 2.52. The fourth-order valence-electron chi connectivity index (χ4n) is 1.52. The van der Waals surface area contributed by atoms with Gasteiger partial charge in [-0.3, -0.25) is 4.40 Å². The van der Waals surface area contributed by atoms with Crippen molar-refractivity contribution in [1.82, 2.24) is 9.38 Å². The molecule has 0 saturated carbocycles. The number of aromatic carboxylic acids is 1. The van der Waals surface area contributed by atoms with Gasteiger partial charge in [0.05, 0.1) is 19.0 Å². The number of hydrogen-bond acceptors (Lipinski definition) is 3. The Hall–Kier alpha value is -2.04. The summed E-state index contributed by atoms with van der Waals surface area (Å²) in [7, 11) is 1.53. The summed E-state index contributed by atoms with van der Waals surface area (Å²) in [6, 6.07) is 3.46. The van der Waals surface area contributed by atoms with Crippen LogP contribution in [0.2, 0.25) is 0 Å². The van der Waals surface area contributed by atoms with E-state index in [9.17, 15) is 4.79 Å². The van der Waals surface area contributed by atoms with Gasteiger partial charge in [0.15, 0.2) is 5.69 Å². The monoisotopic (exact) mass is 206 g/mol. The Morgan fingerprint density at radius 2 is 2.27 bits per heavy atom. The average molecular weight is 206 g/mol. The highest BCUT2D eigenvalue weighted by Crippen LogP contribution is 2.17. The number of hydrogen-bond donors (Lipinski definition) is 1. The number of carboxylic acids is 1. The van der Waals surface area contributed by atoms with Crippen molar-refractivity contribution in [3.05, 3.63) is 29.7 Å². The second kappa shape index (κ2) is 3.27. The lowest BCUT2D eigenvalue weighted by Gasteiger charge is -2.01. The molecular formula is C10H10N2O3. The number of ether oxygens (including phenoxy) is 1. The molecule has 0 aromatic carbocycles. The molecule has 0 saturated heterocycles. The SMILES string of the molecule is COc1ccc2nc(C)c(C(=O)O)n2c1. The van der Waals surface area contributed by atoms with Gasteiger partial charge < -0.3 is 9.84 Å². The quantitative estimate of drug-likeness (QED) is 0.805. The number of fused-ring (bicyclic) bond motifs is 1. The molecule has 0 aliphatic carbocycles. The summed E-state index contributed by atoms with van der Waals surface area (Å²) < 4.78 is 6.54. The summed E-state index contributed by atoms with van der Waals surface area (Å²) in [6.45, 7) is 1.67. The number of carboxylic acid groups (broad SMARTS) is 1. The number of aryl methyl sites for hydroxylation is 1. The van der Waals surface area contributed by atoms with Crippen LogP contribution in [0, 0.1) is 6.92 Å². The Bertz CT molecular complexity index is 531. The molecule has 0 unspecified atom stereocenters. The lowest BCUT2D eigenvalue weighted by Crippen LogP contribution is -2.03. The van der Waals surface area contributed by atoms with E-state index in [1.807, 2.05) is 0 Å². The minimum absolute atomic E-state index is 0.170. The zero-order chi connectivity index (χ0) is 11.0. The Kier molecular flexibility index (Phi) is 2.07. The first-order valence-corrected chi connectivity index (χ1v) is 4.39. The van der Waals surface area contributed by atoms with E-state index in [1.165, 1.54) is 11.5 Å². The molecule has 5 nitrogen and oxygen atoms in total. The molecular weight excluding hydrogens is 196 g/mol. The minimum Gasteiger partial charge on any atom is -0.495 e. The van der Waals surface area contributed by atoms with E-state index in [4.69, 9.17) is 9.84 Å². The van der Waals surface area contributed by atoms with Crippen LogP contribution >= 0.6 is 0 Å². The summed E-state index contributed by atoms with van der Waals surface area (Å²) in [4.78, 5) is 15.1. The lowest BCUT2D eigenvalue weighted by atomic mass is 10.3. The molecule has 0 aliphatic heterocycles. The number of methoxy groups -OCH3 is 1. The van der Waals surface area contributed by atoms with Crippen molar-refractivity contribution >= 4 is 11.6 Å². The van der Waals surface area contributed by atoms with Crippen LogP contribution in [-0.4, -0.2) is 27.6 Å². The summed E-state index contributed by atoms with van der Waals surface area (Å²) in [6.07, 6.45) is 1.61. The number of rotatable bonds is 2. The van der Waals surface area contributed by atoms with Crippen LogP contribution in [0.4, 0.5) is 0 Å². The van der Waals surface area contributed by atoms with Crippen molar-refractivity contribution in [3.8, 4) is 5.75 Å². The molecule has 0 fully saturated rings. The fourth-order valence-corrected chi connectivity index (χ4v) is 1.52. The minimum atomic E-state index is -0.992. The van der Waals surface area contributed by atoms with E-state index >= 15 is 0 Å². The Morgan fingerprint density at radius 1 is 1.53 bits per heavy atom. The summed E-state index contributed by atoms with van der Waals surface area (Å²) >= 11 is 0. The summed E-state index contributed by atoms with van der Waals surface area (Å²) in [5, 5.41) is 9.01. The number of carbonyl (C=O) groups is 1. The van der Waals surface area contributed by atoms with Gasteiger partial charge >= 0.3 is 5.97 Å². The Morgan fingerprint density at radius 3 is 2.87 bits per heavy atom. The molecule has 0 radical (unpaired) electrons. The van der Waals surface area contributed by atoms with Gasteiger partial charge in [-0.15, -0.1) is 0 Å². The Balaban J connectivity index is 2.77. The maximum Gasteiger partial charge on any atom is 0.354 e. The zero-order valence-corrected chi connectivity index (χ0v) is 8.39. The normalized spacial score (nSPS) is 10.5. The van der Waals surface area contributed by atoms with Gasteiger partial charge in [-0.25, -0.2) is 9.78 Å². The van der Waals surface area contributed by atoms with Crippen molar-refractivity contribution in [2.75, 3.05) is 7.11 Å². The predicted molar refractivity (Wildman–Crippen MR) is 53.4 cm³/mol. The number of nitrogens with zero attached hydrogens (tertiary/aromatic N) is 2. The van der Waals surface area contributed by atoms with Gasteiger partial charge in [0.2, 0.25) is 0 Å². The van der Waals surface area contributed by atoms with Crippen molar-refractivity contribution in [2.24, 2.45) is 0 Å². The molecule has 2 rings (SSSR count). The number of pyridine rings is 1. The topological polar surface area (TPSA) is 63.8 Å². The van der Waals surface area contributed by atoms with Gasteiger partial charge in [-0.2, -0.15) is 0 Å². The van der Waals surface area contributed by atoms with Gasteiger partial charge in [0.25, 0.3) is 0 Å². The molecule has 78 valence electrons. The van der Waals surface area contributed by atoms with E-state index in [0.717, 1.165) is 0 Å². The molecule has 2 aromatic rings. The zero-order valence-electron chi connectivity index (χ0n) is 8.39. The van der Waals surface area contributed by atoms with Crippen LogP contribution in [0.1, 0.15) is 16.2 Å². The third kappa shape index (κ3) is 1.41. The first kappa shape index (κ1) is 9.51. The van der Waals surface area contributed by atoms with Crippen molar-refractivity contribution in [3.63, 3.8) is 0 Å². The van der Waals surface area contributed by atoms with E-state index in [1.54, 1.807) is 25.3 Å². The van der Waals surface area contributed by atoms with E-state index in [2.05, 4.69) is 4.98 Å². The maximum absolute atomic E-state index is 11.0. The second-order valence-corrected chi connectivity index (χ2v) is 3.15. The molecule has 0 amide bonds. The third-order valence-electron chi connectivity index (χ3n) is 2.20. The summed E-state index contributed by atoms with van der Waals surface area (Å²) in [5.41, 5.74) is 1.27. The smallest absolute Gasteiger partial charge is 0.354 e.